The van der Waals surface area contributed by atoms with Crippen molar-refractivity contribution < 1.29 is 41.0 Å². The number of nitrogens with zero attached hydrogens (tertiary/aromatic N) is 2. The first kappa shape index (κ1) is 22.9. The van der Waals surface area contributed by atoms with Crippen LogP contribution >= 0.6 is 11.6 Å². The third kappa shape index (κ3) is 4.76. The topological polar surface area (TPSA) is 115 Å². The molecule has 0 unspecified atom stereocenters. The monoisotopic (exact) mass is 457 g/mol. The van der Waals surface area contributed by atoms with E-state index in [1.807, 2.05) is 0 Å². The molecule has 0 saturated heterocycles. The normalized spacial score (nSPS) is 11.8. The summed E-state index contributed by atoms with van der Waals surface area (Å²) in [5, 5.41) is 23.2. The summed E-state index contributed by atoms with van der Waals surface area (Å²) in [6, 6.07) is 1.36. The molecule has 0 spiro atoms. The predicted octanol–water partition coefficient (Wildman–Crippen LogP) is 5.45. The Morgan fingerprint density at radius 1 is 0.867 bits per heavy atom. The first-order valence-electron chi connectivity index (χ1n) is 7.35. The average Bonchev–Trinajstić information content (AvgIpc) is 2.59. The second-order valence-electron chi connectivity index (χ2n) is 5.55. The molecule has 0 bridgehead atoms. The van der Waals surface area contributed by atoms with Gasteiger partial charge in [0.1, 0.15) is 0 Å². The summed E-state index contributed by atoms with van der Waals surface area (Å²) in [6.45, 7) is 0. The number of nitro benzene ring substituents is 2. The third-order valence-corrected chi connectivity index (χ3v) is 3.91. The van der Waals surface area contributed by atoms with E-state index < -0.39 is 66.9 Å². The maximum atomic E-state index is 12.9. The highest BCUT2D eigenvalue weighted by atomic mass is 35.5. The quantitative estimate of drug-likeness (QED) is 0.372. The summed E-state index contributed by atoms with van der Waals surface area (Å²) in [6.07, 6.45) is -9.97. The summed E-state index contributed by atoms with van der Waals surface area (Å²) in [7, 11) is 0. The lowest BCUT2D eigenvalue weighted by atomic mass is 10.1. The third-order valence-electron chi connectivity index (χ3n) is 3.60. The minimum atomic E-state index is -5.17. The van der Waals surface area contributed by atoms with Gasteiger partial charge in [-0.25, -0.2) is 0 Å². The highest BCUT2D eigenvalue weighted by Crippen LogP contribution is 2.41. The lowest BCUT2D eigenvalue weighted by Crippen LogP contribution is -2.17. The molecule has 0 aliphatic carbocycles. The maximum Gasteiger partial charge on any atom is 0.416 e. The summed E-state index contributed by atoms with van der Waals surface area (Å²) >= 11 is 5.61. The van der Waals surface area contributed by atoms with Gasteiger partial charge in [-0.2, -0.15) is 26.3 Å². The fourth-order valence-corrected chi connectivity index (χ4v) is 2.51. The Morgan fingerprint density at radius 3 is 1.70 bits per heavy atom. The lowest BCUT2D eigenvalue weighted by molar-refractivity contribution is -0.392. The zero-order chi connectivity index (χ0) is 23.0. The van der Waals surface area contributed by atoms with Gasteiger partial charge in [-0.05, 0) is 18.2 Å². The van der Waals surface area contributed by atoms with Crippen molar-refractivity contribution in [1.29, 1.82) is 0 Å². The Balaban J connectivity index is 2.58. The van der Waals surface area contributed by atoms with E-state index in [9.17, 15) is 51.4 Å². The van der Waals surface area contributed by atoms with Crippen LogP contribution in [0.2, 0.25) is 5.02 Å². The number of carbonyl (C=O) groups excluding carboxylic acids is 1. The van der Waals surface area contributed by atoms with Crippen LogP contribution in [0.5, 0.6) is 0 Å². The van der Waals surface area contributed by atoms with E-state index in [1.165, 1.54) is 0 Å². The molecule has 0 saturated carbocycles. The zero-order valence-corrected chi connectivity index (χ0v) is 14.7. The standard InChI is InChI=1S/C15H6ClF6N3O5/c16-9-3-6(14(17,18)19)1-2-8(9)13(26)23-12-10(24(27)28)4-7(15(20,21)22)5-11(12)25(29)30/h1-5H,(H,23,26). The number of carbonyl (C=O) groups is 1. The molecule has 0 fully saturated rings. The van der Waals surface area contributed by atoms with Crippen LogP contribution in [0.3, 0.4) is 0 Å². The van der Waals surface area contributed by atoms with Crippen LogP contribution in [0.1, 0.15) is 21.5 Å². The van der Waals surface area contributed by atoms with Gasteiger partial charge in [0, 0.05) is 12.1 Å². The molecule has 30 heavy (non-hydrogen) atoms. The van der Waals surface area contributed by atoms with Crippen LogP contribution in [-0.4, -0.2) is 15.8 Å². The number of hydrogen-bond acceptors (Lipinski definition) is 5. The Labute approximate surface area is 166 Å². The van der Waals surface area contributed by atoms with Gasteiger partial charge < -0.3 is 5.32 Å². The largest absolute Gasteiger partial charge is 0.416 e. The Bertz CT molecular complexity index is 1020. The number of hydrogen-bond donors (Lipinski definition) is 1. The predicted molar refractivity (Wildman–Crippen MR) is 89.2 cm³/mol. The number of rotatable bonds is 4. The smallest absolute Gasteiger partial charge is 0.310 e. The van der Waals surface area contributed by atoms with E-state index in [-0.39, 0.29) is 12.1 Å². The van der Waals surface area contributed by atoms with Crippen LogP contribution in [0.25, 0.3) is 0 Å². The molecule has 15 heteroatoms. The van der Waals surface area contributed by atoms with E-state index in [0.29, 0.717) is 18.2 Å². The van der Waals surface area contributed by atoms with Gasteiger partial charge in [0.2, 0.25) is 0 Å². The second kappa shape index (κ2) is 7.78. The molecule has 1 amide bonds. The average molecular weight is 458 g/mol. The molecule has 0 aliphatic rings. The van der Waals surface area contributed by atoms with Gasteiger partial charge in [-0.3, -0.25) is 25.0 Å². The molecule has 2 aromatic rings. The fraction of sp³-hybridized carbons (Fsp3) is 0.133. The van der Waals surface area contributed by atoms with Crippen molar-refractivity contribution in [3.8, 4) is 0 Å². The van der Waals surface area contributed by atoms with Gasteiger partial charge in [0.05, 0.1) is 31.6 Å². The van der Waals surface area contributed by atoms with Gasteiger partial charge in [0.25, 0.3) is 5.91 Å². The van der Waals surface area contributed by atoms with Crippen LogP contribution < -0.4 is 5.32 Å². The number of nitro groups is 2. The molecule has 0 radical (unpaired) electrons. The first-order valence-corrected chi connectivity index (χ1v) is 7.73. The Hall–Kier alpha value is -3.42. The highest BCUT2D eigenvalue weighted by molar-refractivity contribution is 6.34. The number of benzene rings is 2. The van der Waals surface area contributed by atoms with Crippen LogP contribution in [0.4, 0.5) is 43.4 Å². The number of anilines is 1. The van der Waals surface area contributed by atoms with E-state index >= 15 is 0 Å². The molecule has 0 aromatic heterocycles. The molecule has 8 nitrogen and oxygen atoms in total. The van der Waals surface area contributed by atoms with Gasteiger partial charge in [-0.15, -0.1) is 0 Å². The van der Waals surface area contributed by atoms with Crippen molar-refractivity contribution in [3.05, 3.63) is 72.3 Å². The zero-order valence-electron chi connectivity index (χ0n) is 14.0. The van der Waals surface area contributed by atoms with Crippen molar-refractivity contribution in [2.24, 2.45) is 0 Å². The number of alkyl halides is 6. The SMILES string of the molecule is O=C(Nc1c([N+](=O)[O-])cc(C(F)(F)F)cc1[N+](=O)[O-])c1ccc(C(F)(F)F)cc1Cl. The Kier molecular flexibility index (Phi) is 5.93. The van der Waals surface area contributed by atoms with Crippen molar-refractivity contribution in [3.63, 3.8) is 0 Å². The van der Waals surface area contributed by atoms with Crippen molar-refractivity contribution in [2.45, 2.75) is 12.4 Å². The molecular weight excluding hydrogens is 452 g/mol. The summed E-state index contributed by atoms with van der Waals surface area (Å²) in [5.74, 6) is -1.42. The fourth-order valence-electron chi connectivity index (χ4n) is 2.25. The Morgan fingerprint density at radius 2 is 1.33 bits per heavy atom. The van der Waals surface area contributed by atoms with Crippen molar-refractivity contribution in [2.75, 3.05) is 5.32 Å². The van der Waals surface area contributed by atoms with Crippen LogP contribution in [-0.2, 0) is 12.4 Å². The summed E-state index contributed by atoms with van der Waals surface area (Å²) in [4.78, 5) is 31.7. The van der Waals surface area contributed by atoms with Crippen LogP contribution in [0, 0.1) is 20.2 Å². The number of halogens is 7. The van der Waals surface area contributed by atoms with Crippen molar-refractivity contribution >= 4 is 34.6 Å². The molecule has 2 rings (SSSR count). The molecule has 160 valence electrons. The van der Waals surface area contributed by atoms with Crippen molar-refractivity contribution in [1.82, 2.24) is 0 Å². The molecular formula is C15H6ClF6N3O5. The van der Waals surface area contributed by atoms with E-state index in [0.717, 1.165) is 0 Å². The van der Waals surface area contributed by atoms with Gasteiger partial charge in [-0.1, -0.05) is 11.6 Å². The maximum absolute atomic E-state index is 12.9. The lowest BCUT2D eigenvalue weighted by Gasteiger charge is -2.12. The number of nitrogens with one attached hydrogen (secondary N) is 1. The molecule has 2 aromatic carbocycles. The van der Waals surface area contributed by atoms with Gasteiger partial charge in [0.15, 0.2) is 5.69 Å². The molecule has 0 heterocycles. The summed E-state index contributed by atoms with van der Waals surface area (Å²) in [5.41, 5.74) is -7.70. The minimum absolute atomic E-state index is 0.0308. The van der Waals surface area contributed by atoms with E-state index in [2.05, 4.69) is 0 Å². The molecule has 0 aliphatic heterocycles. The second-order valence-corrected chi connectivity index (χ2v) is 5.96. The molecule has 0 atom stereocenters. The highest BCUT2D eigenvalue weighted by Gasteiger charge is 2.38. The van der Waals surface area contributed by atoms with E-state index in [1.54, 1.807) is 5.32 Å². The van der Waals surface area contributed by atoms with E-state index in [4.69, 9.17) is 11.6 Å². The molecule has 1 N–H and O–H groups in total. The van der Waals surface area contributed by atoms with Crippen LogP contribution in [0.15, 0.2) is 30.3 Å². The minimum Gasteiger partial charge on any atom is -0.310 e. The first-order chi connectivity index (χ1) is 13.6. The number of amides is 1. The van der Waals surface area contributed by atoms with Gasteiger partial charge >= 0.3 is 23.7 Å². The summed E-state index contributed by atoms with van der Waals surface area (Å²) < 4.78 is 76.6.